The van der Waals surface area contributed by atoms with E-state index in [9.17, 15) is 0 Å². The molecule has 0 aromatic carbocycles. The first-order valence-electron chi connectivity index (χ1n) is 6.71. The van der Waals surface area contributed by atoms with Gasteiger partial charge in [-0.15, -0.1) is 0 Å². The summed E-state index contributed by atoms with van der Waals surface area (Å²) >= 11 is 1.80. The number of nitrogens with zero attached hydrogens (tertiary/aromatic N) is 1. The smallest absolute Gasteiger partial charge is 0.0343 e. The molecule has 1 heterocycles. The lowest BCUT2D eigenvalue weighted by Gasteiger charge is -2.53. The van der Waals surface area contributed by atoms with Gasteiger partial charge in [0.2, 0.25) is 0 Å². The molecular formula is C14H22N2S. The van der Waals surface area contributed by atoms with Crippen LogP contribution in [-0.4, -0.2) is 23.0 Å². The lowest BCUT2D eigenvalue weighted by molar-refractivity contribution is -0.0250. The van der Waals surface area contributed by atoms with Gasteiger partial charge < -0.3 is 5.73 Å². The van der Waals surface area contributed by atoms with Crippen LogP contribution in [0, 0.1) is 5.92 Å². The number of hydrogen-bond acceptors (Lipinski definition) is 3. The first kappa shape index (κ1) is 11.7. The molecule has 1 aromatic heterocycles. The minimum Gasteiger partial charge on any atom is -0.329 e. The maximum Gasteiger partial charge on any atom is 0.0343 e. The minimum absolute atomic E-state index is 0.322. The van der Waals surface area contributed by atoms with Crippen LogP contribution in [0.25, 0.3) is 0 Å². The molecule has 3 rings (SSSR count). The zero-order valence-corrected chi connectivity index (χ0v) is 11.4. The first-order chi connectivity index (χ1) is 8.23. The summed E-state index contributed by atoms with van der Waals surface area (Å²) in [6, 6.07) is 3.07. The Morgan fingerprint density at radius 1 is 1.47 bits per heavy atom. The molecule has 2 saturated carbocycles. The van der Waals surface area contributed by atoms with Gasteiger partial charge in [-0.3, -0.25) is 4.90 Å². The Bertz CT molecular complexity index is 364. The van der Waals surface area contributed by atoms with Crippen molar-refractivity contribution in [2.45, 2.75) is 50.7 Å². The summed E-state index contributed by atoms with van der Waals surface area (Å²) in [4.78, 5) is 2.72. The molecule has 94 valence electrons. The van der Waals surface area contributed by atoms with Gasteiger partial charge >= 0.3 is 0 Å². The van der Waals surface area contributed by atoms with Gasteiger partial charge in [0.1, 0.15) is 0 Å². The Kier molecular flexibility index (Phi) is 3.01. The van der Waals surface area contributed by atoms with E-state index in [0.29, 0.717) is 5.54 Å². The number of thiophene rings is 1. The summed E-state index contributed by atoms with van der Waals surface area (Å²) in [6.07, 6.45) is 5.34. The number of nitrogens with two attached hydrogens (primary N) is 1. The monoisotopic (exact) mass is 250 g/mol. The van der Waals surface area contributed by atoms with E-state index >= 15 is 0 Å². The Labute approximate surface area is 108 Å². The van der Waals surface area contributed by atoms with Gasteiger partial charge in [-0.2, -0.15) is 11.3 Å². The Hall–Kier alpha value is -0.380. The van der Waals surface area contributed by atoms with Crippen molar-refractivity contribution in [1.29, 1.82) is 0 Å². The fourth-order valence-corrected chi connectivity index (χ4v) is 4.07. The van der Waals surface area contributed by atoms with E-state index in [-0.39, 0.29) is 0 Å². The van der Waals surface area contributed by atoms with E-state index in [1.165, 1.54) is 31.2 Å². The third-order valence-electron chi connectivity index (χ3n) is 4.37. The third-order valence-corrected chi connectivity index (χ3v) is 5.10. The van der Waals surface area contributed by atoms with E-state index in [4.69, 9.17) is 5.73 Å². The van der Waals surface area contributed by atoms with Crippen molar-refractivity contribution in [3.05, 3.63) is 22.4 Å². The van der Waals surface area contributed by atoms with Crippen molar-refractivity contribution in [1.82, 2.24) is 4.90 Å². The van der Waals surface area contributed by atoms with Crippen LogP contribution in [0.4, 0.5) is 0 Å². The molecule has 0 unspecified atom stereocenters. The molecule has 0 aliphatic heterocycles. The van der Waals surface area contributed by atoms with Gasteiger partial charge in [0.15, 0.2) is 0 Å². The topological polar surface area (TPSA) is 29.3 Å². The van der Waals surface area contributed by atoms with Crippen LogP contribution in [-0.2, 0) is 6.54 Å². The highest BCUT2D eigenvalue weighted by Crippen LogP contribution is 2.47. The van der Waals surface area contributed by atoms with Gasteiger partial charge in [0.25, 0.3) is 0 Å². The van der Waals surface area contributed by atoms with E-state index in [0.717, 1.165) is 25.0 Å². The molecule has 0 saturated heterocycles. The highest BCUT2D eigenvalue weighted by Gasteiger charge is 2.49. The van der Waals surface area contributed by atoms with Crippen LogP contribution in [0.15, 0.2) is 16.8 Å². The second kappa shape index (κ2) is 4.38. The SMILES string of the molecule is CC1CC(CN)(N(Cc2ccsc2)C2CC2)C1. The summed E-state index contributed by atoms with van der Waals surface area (Å²) in [5.74, 6) is 0.863. The zero-order chi connectivity index (χ0) is 11.9. The number of rotatable bonds is 5. The molecular weight excluding hydrogens is 228 g/mol. The summed E-state index contributed by atoms with van der Waals surface area (Å²) in [5, 5.41) is 4.46. The Balaban J connectivity index is 1.75. The molecule has 2 nitrogen and oxygen atoms in total. The van der Waals surface area contributed by atoms with Crippen molar-refractivity contribution in [2.24, 2.45) is 11.7 Å². The number of hydrogen-bond donors (Lipinski definition) is 1. The molecule has 1 aromatic rings. The second-order valence-electron chi connectivity index (χ2n) is 5.93. The van der Waals surface area contributed by atoms with E-state index in [2.05, 4.69) is 28.7 Å². The van der Waals surface area contributed by atoms with Crippen molar-refractivity contribution in [2.75, 3.05) is 6.54 Å². The average molecular weight is 250 g/mol. The summed E-state index contributed by atoms with van der Waals surface area (Å²) < 4.78 is 0. The molecule has 17 heavy (non-hydrogen) atoms. The molecule has 0 atom stereocenters. The van der Waals surface area contributed by atoms with Crippen LogP contribution in [0.2, 0.25) is 0 Å². The zero-order valence-electron chi connectivity index (χ0n) is 10.6. The van der Waals surface area contributed by atoms with Crippen molar-refractivity contribution < 1.29 is 0 Å². The van der Waals surface area contributed by atoms with Crippen molar-refractivity contribution in [3.8, 4) is 0 Å². The first-order valence-corrected chi connectivity index (χ1v) is 7.66. The van der Waals surface area contributed by atoms with E-state index in [1.54, 1.807) is 11.3 Å². The lowest BCUT2D eigenvalue weighted by atomic mass is 9.67. The van der Waals surface area contributed by atoms with Gasteiger partial charge in [0.05, 0.1) is 0 Å². The Morgan fingerprint density at radius 3 is 2.71 bits per heavy atom. The van der Waals surface area contributed by atoms with E-state index < -0.39 is 0 Å². The van der Waals surface area contributed by atoms with Gasteiger partial charge in [-0.1, -0.05) is 6.92 Å². The highest BCUT2D eigenvalue weighted by molar-refractivity contribution is 7.07. The largest absolute Gasteiger partial charge is 0.329 e. The van der Waals surface area contributed by atoms with Crippen molar-refractivity contribution >= 4 is 11.3 Å². The second-order valence-corrected chi connectivity index (χ2v) is 6.71. The molecule has 3 heteroatoms. The molecule has 2 aliphatic carbocycles. The predicted molar refractivity (Wildman–Crippen MR) is 73.1 cm³/mol. The predicted octanol–water partition coefficient (Wildman–Crippen LogP) is 2.84. The molecule has 0 spiro atoms. The highest BCUT2D eigenvalue weighted by atomic mass is 32.1. The summed E-state index contributed by atoms with van der Waals surface area (Å²) in [5.41, 5.74) is 7.88. The van der Waals surface area contributed by atoms with Crippen molar-refractivity contribution in [3.63, 3.8) is 0 Å². The lowest BCUT2D eigenvalue weighted by Crippen LogP contribution is -2.61. The van der Waals surface area contributed by atoms with Crippen LogP contribution in [0.3, 0.4) is 0 Å². The maximum absolute atomic E-state index is 6.09. The molecule has 0 radical (unpaired) electrons. The van der Waals surface area contributed by atoms with Gasteiger partial charge in [-0.25, -0.2) is 0 Å². The molecule has 0 amide bonds. The minimum atomic E-state index is 0.322. The molecule has 2 N–H and O–H groups in total. The van der Waals surface area contributed by atoms with Crippen LogP contribution < -0.4 is 5.73 Å². The molecule has 0 bridgehead atoms. The standard InChI is InChI=1S/C14H22N2S/c1-11-6-14(7-11,10-15)16(13-2-3-13)8-12-4-5-17-9-12/h4-5,9,11,13H,2-3,6-8,10,15H2,1H3. The average Bonchev–Trinajstić information content (AvgIpc) is 3.00. The van der Waals surface area contributed by atoms with Gasteiger partial charge in [-0.05, 0) is 54.0 Å². The third kappa shape index (κ3) is 2.16. The van der Waals surface area contributed by atoms with Gasteiger partial charge in [0, 0.05) is 24.7 Å². The summed E-state index contributed by atoms with van der Waals surface area (Å²) in [7, 11) is 0. The molecule has 2 aliphatic rings. The van der Waals surface area contributed by atoms with Crippen LogP contribution >= 0.6 is 11.3 Å². The normalized spacial score (nSPS) is 32.8. The fraction of sp³-hybridized carbons (Fsp3) is 0.714. The van der Waals surface area contributed by atoms with Crippen LogP contribution in [0.1, 0.15) is 38.2 Å². The maximum atomic E-state index is 6.09. The van der Waals surface area contributed by atoms with Crippen LogP contribution in [0.5, 0.6) is 0 Å². The molecule has 2 fully saturated rings. The fourth-order valence-electron chi connectivity index (χ4n) is 3.41. The Morgan fingerprint density at radius 2 is 2.24 bits per heavy atom. The van der Waals surface area contributed by atoms with E-state index in [1.807, 2.05) is 0 Å². The quantitative estimate of drug-likeness (QED) is 0.870. The summed E-state index contributed by atoms with van der Waals surface area (Å²) in [6.45, 7) is 4.29.